The van der Waals surface area contributed by atoms with Crippen molar-refractivity contribution >= 4 is 22.8 Å². The number of fused-ring (bicyclic) bond motifs is 1. The van der Waals surface area contributed by atoms with Crippen LogP contribution < -0.4 is 10.2 Å². The molecule has 2 aliphatic rings. The average Bonchev–Trinajstić information content (AvgIpc) is 2.90. The molecule has 2 aromatic rings. The number of anilines is 1. The first-order chi connectivity index (χ1) is 14.5. The smallest absolute Gasteiger partial charge is 0.272 e. The number of halogens is 2. The molecule has 30 heavy (non-hydrogen) atoms. The van der Waals surface area contributed by atoms with Gasteiger partial charge in [-0.25, -0.2) is 18.4 Å². The van der Waals surface area contributed by atoms with Crippen molar-refractivity contribution in [2.45, 2.75) is 51.0 Å². The number of carbonyl (C=O) groups is 1. The minimum absolute atomic E-state index is 0.0205. The third-order valence-electron chi connectivity index (χ3n) is 6.14. The van der Waals surface area contributed by atoms with E-state index in [0.717, 1.165) is 24.3 Å². The number of nitrogens with zero attached hydrogens (tertiary/aromatic N) is 5. The molecule has 164 valence electrons. The molecule has 4 heterocycles. The number of rotatable bonds is 5. The normalized spacial score (nSPS) is 19.4. The first-order valence-corrected chi connectivity index (χ1v) is 10.9. The number of amides is 1. The van der Waals surface area contributed by atoms with Gasteiger partial charge in [-0.3, -0.25) is 9.69 Å². The fraction of sp³-hybridized carbons (Fsp3) is 0.667. The van der Waals surface area contributed by atoms with Crippen LogP contribution in [0.2, 0.25) is 0 Å². The van der Waals surface area contributed by atoms with Crippen molar-refractivity contribution < 1.29 is 13.6 Å². The molecule has 1 amide bonds. The third-order valence-corrected chi connectivity index (χ3v) is 6.14. The number of aryl methyl sites for hydroxylation is 1. The standard InChI is InChI=1S/C21H30F2N6O/c1-27-20-16(6-7-18(25-20)29-10-4-2-3-5-11-29)19(26-27)21(30)24-15-8-12-28(13-9-15)14-17(22)23/h6-7,15,17H,2-5,8-14H2,1H3,(H,24,30). The Morgan fingerprint density at radius 1 is 1.13 bits per heavy atom. The highest BCUT2D eigenvalue weighted by Gasteiger charge is 2.25. The van der Waals surface area contributed by atoms with E-state index in [4.69, 9.17) is 4.98 Å². The molecule has 0 atom stereocenters. The molecule has 0 aromatic carbocycles. The van der Waals surface area contributed by atoms with Crippen LogP contribution in [0.1, 0.15) is 49.0 Å². The zero-order valence-electron chi connectivity index (χ0n) is 17.5. The van der Waals surface area contributed by atoms with Gasteiger partial charge in [-0.15, -0.1) is 0 Å². The summed E-state index contributed by atoms with van der Waals surface area (Å²) in [6.45, 7) is 2.95. The average molecular weight is 421 g/mol. The Balaban J connectivity index is 1.44. The van der Waals surface area contributed by atoms with Gasteiger partial charge >= 0.3 is 0 Å². The molecule has 0 spiro atoms. The summed E-state index contributed by atoms with van der Waals surface area (Å²) in [7, 11) is 1.81. The summed E-state index contributed by atoms with van der Waals surface area (Å²) >= 11 is 0. The Bertz CT molecular complexity index is 870. The fourth-order valence-corrected chi connectivity index (χ4v) is 4.47. The Kier molecular flexibility index (Phi) is 6.46. The first kappa shape index (κ1) is 21.0. The monoisotopic (exact) mass is 420 g/mol. The van der Waals surface area contributed by atoms with E-state index in [1.165, 1.54) is 25.7 Å². The van der Waals surface area contributed by atoms with Gasteiger partial charge in [0.05, 0.1) is 11.9 Å². The zero-order valence-corrected chi connectivity index (χ0v) is 17.5. The second kappa shape index (κ2) is 9.24. The number of aromatic nitrogens is 3. The lowest BCUT2D eigenvalue weighted by atomic mass is 10.0. The molecule has 0 bridgehead atoms. The molecule has 7 nitrogen and oxygen atoms in total. The predicted octanol–water partition coefficient (Wildman–Crippen LogP) is 2.81. The van der Waals surface area contributed by atoms with Gasteiger partial charge in [0.15, 0.2) is 11.3 Å². The Morgan fingerprint density at radius 2 is 1.83 bits per heavy atom. The molecule has 1 N–H and O–H groups in total. The number of piperidine rings is 1. The van der Waals surface area contributed by atoms with E-state index in [-0.39, 0.29) is 18.5 Å². The van der Waals surface area contributed by atoms with Crippen LogP contribution in [-0.4, -0.2) is 70.8 Å². The Hall–Kier alpha value is -2.29. The van der Waals surface area contributed by atoms with Crippen LogP contribution in [0, 0.1) is 0 Å². The number of carbonyl (C=O) groups excluding carboxylic acids is 1. The molecule has 0 saturated carbocycles. The van der Waals surface area contributed by atoms with Crippen molar-refractivity contribution in [2.75, 3.05) is 37.6 Å². The zero-order chi connectivity index (χ0) is 21.1. The van der Waals surface area contributed by atoms with Crippen molar-refractivity contribution in [3.05, 3.63) is 17.8 Å². The lowest BCUT2D eigenvalue weighted by molar-refractivity contribution is 0.0695. The maximum atomic E-state index is 12.9. The van der Waals surface area contributed by atoms with Crippen LogP contribution in [0.15, 0.2) is 12.1 Å². The first-order valence-electron chi connectivity index (χ1n) is 10.9. The lowest BCUT2D eigenvalue weighted by Crippen LogP contribution is -2.45. The van der Waals surface area contributed by atoms with Crippen molar-refractivity contribution in [1.29, 1.82) is 0 Å². The van der Waals surface area contributed by atoms with Crippen LogP contribution in [0.25, 0.3) is 11.0 Å². The molecule has 2 saturated heterocycles. The van der Waals surface area contributed by atoms with Gasteiger partial charge in [0.1, 0.15) is 5.82 Å². The summed E-state index contributed by atoms with van der Waals surface area (Å²) in [5, 5.41) is 8.20. The van der Waals surface area contributed by atoms with Gasteiger partial charge in [-0.1, -0.05) is 12.8 Å². The van der Waals surface area contributed by atoms with E-state index in [2.05, 4.69) is 15.3 Å². The van der Waals surface area contributed by atoms with E-state index in [0.29, 0.717) is 37.3 Å². The molecule has 0 unspecified atom stereocenters. The SMILES string of the molecule is Cn1nc(C(=O)NC2CCN(CC(F)F)CC2)c2ccc(N3CCCCCC3)nc21. The van der Waals surface area contributed by atoms with Crippen molar-refractivity contribution in [3.63, 3.8) is 0 Å². The number of hydrogen-bond acceptors (Lipinski definition) is 5. The number of likely N-dealkylation sites (tertiary alicyclic amines) is 1. The summed E-state index contributed by atoms with van der Waals surface area (Å²) in [6.07, 6.45) is 3.89. The summed E-state index contributed by atoms with van der Waals surface area (Å²) < 4.78 is 26.7. The summed E-state index contributed by atoms with van der Waals surface area (Å²) in [5.74, 6) is 0.711. The number of nitrogens with one attached hydrogen (secondary N) is 1. The summed E-state index contributed by atoms with van der Waals surface area (Å²) in [4.78, 5) is 21.7. The third kappa shape index (κ3) is 4.71. The van der Waals surface area contributed by atoms with Gasteiger partial charge < -0.3 is 10.2 Å². The summed E-state index contributed by atoms with van der Waals surface area (Å²) in [6, 6.07) is 3.90. The second-order valence-electron chi connectivity index (χ2n) is 8.35. The molecule has 0 radical (unpaired) electrons. The fourth-order valence-electron chi connectivity index (χ4n) is 4.47. The maximum absolute atomic E-state index is 12.9. The van der Waals surface area contributed by atoms with Crippen LogP contribution >= 0.6 is 0 Å². The highest BCUT2D eigenvalue weighted by Crippen LogP contribution is 2.23. The van der Waals surface area contributed by atoms with Gasteiger partial charge in [0.2, 0.25) is 0 Å². The predicted molar refractivity (Wildman–Crippen MR) is 112 cm³/mol. The van der Waals surface area contributed by atoms with Gasteiger partial charge in [-0.2, -0.15) is 5.10 Å². The van der Waals surface area contributed by atoms with Gasteiger partial charge in [-0.05, 0) is 37.8 Å². The van der Waals surface area contributed by atoms with E-state index in [1.807, 2.05) is 12.1 Å². The Labute approximate surface area is 175 Å². The van der Waals surface area contributed by atoms with E-state index in [1.54, 1.807) is 16.6 Å². The quantitative estimate of drug-likeness (QED) is 0.806. The molecule has 9 heteroatoms. The molecular weight excluding hydrogens is 390 g/mol. The van der Waals surface area contributed by atoms with E-state index < -0.39 is 6.43 Å². The molecule has 2 aromatic heterocycles. The topological polar surface area (TPSA) is 66.3 Å². The molecular formula is C21H30F2N6O. The Morgan fingerprint density at radius 3 is 2.50 bits per heavy atom. The van der Waals surface area contributed by atoms with Crippen molar-refractivity contribution in [2.24, 2.45) is 7.05 Å². The van der Waals surface area contributed by atoms with E-state index in [9.17, 15) is 13.6 Å². The van der Waals surface area contributed by atoms with Gasteiger partial charge in [0, 0.05) is 39.3 Å². The van der Waals surface area contributed by atoms with Crippen molar-refractivity contribution in [3.8, 4) is 0 Å². The lowest BCUT2D eigenvalue weighted by Gasteiger charge is -2.31. The number of alkyl halides is 2. The van der Waals surface area contributed by atoms with E-state index >= 15 is 0 Å². The van der Waals surface area contributed by atoms with Crippen LogP contribution in [0.3, 0.4) is 0 Å². The molecule has 2 aliphatic heterocycles. The molecule has 2 fully saturated rings. The highest BCUT2D eigenvalue weighted by molar-refractivity contribution is 6.04. The number of pyridine rings is 1. The second-order valence-corrected chi connectivity index (χ2v) is 8.35. The maximum Gasteiger partial charge on any atom is 0.272 e. The highest BCUT2D eigenvalue weighted by atomic mass is 19.3. The van der Waals surface area contributed by atoms with Crippen LogP contribution in [0.5, 0.6) is 0 Å². The van der Waals surface area contributed by atoms with Gasteiger partial charge in [0.25, 0.3) is 12.3 Å². The summed E-state index contributed by atoms with van der Waals surface area (Å²) in [5.41, 5.74) is 1.08. The van der Waals surface area contributed by atoms with Crippen LogP contribution in [0.4, 0.5) is 14.6 Å². The van der Waals surface area contributed by atoms with Crippen LogP contribution in [-0.2, 0) is 7.05 Å². The molecule has 4 rings (SSSR count). The minimum atomic E-state index is -2.32. The number of hydrogen-bond donors (Lipinski definition) is 1. The largest absolute Gasteiger partial charge is 0.357 e. The van der Waals surface area contributed by atoms with Crippen molar-refractivity contribution in [1.82, 2.24) is 25.0 Å². The molecule has 0 aliphatic carbocycles. The minimum Gasteiger partial charge on any atom is -0.357 e.